The molecular formula is C21H20Cl2N2O3. The molecule has 2 aliphatic rings. The molecule has 2 amide bonds. The minimum atomic E-state index is -0.561. The highest BCUT2D eigenvalue weighted by molar-refractivity contribution is 6.42. The summed E-state index contributed by atoms with van der Waals surface area (Å²) in [7, 11) is 0. The SMILES string of the molecule is O=C(CC1(N2Cc3ccccc3C2=O)CCOCC1)Nc1ccc(Cl)c(Cl)c1. The van der Waals surface area contributed by atoms with Crippen molar-refractivity contribution in [3.63, 3.8) is 0 Å². The van der Waals surface area contributed by atoms with E-state index in [1.807, 2.05) is 29.2 Å². The number of ether oxygens (including phenoxy) is 1. The Bertz CT molecular complexity index is 926. The quantitative estimate of drug-likeness (QED) is 0.793. The van der Waals surface area contributed by atoms with Gasteiger partial charge in [-0.3, -0.25) is 9.59 Å². The number of anilines is 1. The molecule has 0 bridgehead atoms. The fourth-order valence-electron chi connectivity index (χ4n) is 4.01. The number of benzene rings is 2. The molecule has 28 heavy (non-hydrogen) atoms. The molecule has 0 saturated carbocycles. The second kappa shape index (κ2) is 7.74. The molecule has 1 saturated heterocycles. The molecule has 0 radical (unpaired) electrons. The van der Waals surface area contributed by atoms with Crippen molar-refractivity contribution in [1.29, 1.82) is 0 Å². The summed E-state index contributed by atoms with van der Waals surface area (Å²) < 4.78 is 5.52. The summed E-state index contributed by atoms with van der Waals surface area (Å²) >= 11 is 12.0. The van der Waals surface area contributed by atoms with E-state index in [-0.39, 0.29) is 18.2 Å². The Labute approximate surface area is 173 Å². The van der Waals surface area contributed by atoms with Gasteiger partial charge in [-0.1, -0.05) is 41.4 Å². The van der Waals surface area contributed by atoms with E-state index in [4.69, 9.17) is 27.9 Å². The van der Waals surface area contributed by atoms with E-state index in [9.17, 15) is 9.59 Å². The second-order valence-electron chi connectivity index (χ2n) is 7.24. The zero-order valence-corrected chi connectivity index (χ0v) is 16.7. The van der Waals surface area contributed by atoms with E-state index in [0.29, 0.717) is 48.3 Å². The normalized spacial score (nSPS) is 18.1. The van der Waals surface area contributed by atoms with Crippen LogP contribution in [0.25, 0.3) is 0 Å². The Morgan fingerprint density at radius 1 is 1.11 bits per heavy atom. The van der Waals surface area contributed by atoms with Gasteiger partial charge in [0.1, 0.15) is 0 Å². The first kappa shape index (κ1) is 19.2. The molecule has 146 valence electrons. The molecule has 2 heterocycles. The first-order chi connectivity index (χ1) is 13.5. The fraction of sp³-hybridized carbons (Fsp3) is 0.333. The molecular weight excluding hydrogens is 399 g/mol. The summed E-state index contributed by atoms with van der Waals surface area (Å²) in [6.07, 6.45) is 1.46. The number of rotatable bonds is 4. The summed E-state index contributed by atoms with van der Waals surface area (Å²) in [4.78, 5) is 27.8. The summed E-state index contributed by atoms with van der Waals surface area (Å²) in [6, 6.07) is 12.6. The van der Waals surface area contributed by atoms with E-state index in [0.717, 1.165) is 11.1 Å². The van der Waals surface area contributed by atoms with Gasteiger partial charge in [-0.25, -0.2) is 0 Å². The molecule has 2 aliphatic heterocycles. The molecule has 2 aromatic rings. The van der Waals surface area contributed by atoms with E-state index < -0.39 is 5.54 Å². The lowest BCUT2D eigenvalue weighted by molar-refractivity contribution is -0.120. The third kappa shape index (κ3) is 3.62. The number of nitrogens with zero attached hydrogens (tertiary/aromatic N) is 1. The van der Waals surface area contributed by atoms with Gasteiger partial charge in [0, 0.05) is 31.0 Å². The van der Waals surface area contributed by atoms with Crippen molar-refractivity contribution in [3.05, 3.63) is 63.6 Å². The van der Waals surface area contributed by atoms with Crippen LogP contribution >= 0.6 is 23.2 Å². The summed E-state index contributed by atoms with van der Waals surface area (Å²) in [5.74, 6) is -0.177. The summed E-state index contributed by atoms with van der Waals surface area (Å²) in [5, 5.41) is 3.69. The predicted molar refractivity (Wildman–Crippen MR) is 109 cm³/mol. The van der Waals surface area contributed by atoms with Crippen molar-refractivity contribution >= 4 is 40.7 Å². The maximum atomic E-state index is 13.0. The minimum Gasteiger partial charge on any atom is -0.381 e. The molecule has 1 fully saturated rings. The molecule has 0 aromatic heterocycles. The number of hydrogen-bond donors (Lipinski definition) is 1. The Kier molecular flexibility index (Phi) is 5.32. The van der Waals surface area contributed by atoms with Gasteiger partial charge in [0.2, 0.25) is 5.91 Å². The van der Waals surface area contributed by atoms with Gasteiger partial charge >= 0.3 is 0 Å². The molecule has 5 nitrogen and oxygen atoms in total. The number of fused-ring (bicyclic) bond motifs is 1. The Hall–Kier alpha value is -2.08. The lowest BCUT2D eigenvalue weighted by atomic mass is 9.84. The number of carbonyl (C=O) groups excluding carboxylic acids is 2. The minimum absolute atomic E-state index is 0.0140. The number of carbonyl (C=O) groups is 2. The van der Waals surface area contributed by atoms with Crippen LogP contribution in [-0.2, 0) is 16.1 Å². The van der Waals surface area contributed by atoms with Crippen LogP contribution in [0.1, 0.15) is 35.2 Å². The molecule has 0 atom stereocenters. The third-order valence-electron chi connectivity index (χ3n) is 5.51. The first-order valence-corrected chi connectivity index (χ1v) is 9.97. The molecule has 2 aromatic carbocycles. The van der Waals surface area contributed by atoms with Crippen LogP contribution in [0, 0.1) is 0 Å². The van der Waals surface area contributed by atoms with Crippen LogP contribution in [0.15, 0.2) is 42.5 Å². The van der Waals surface area contributed by atoms with E-state index in [2.05, 4.69) is 5.32 Å². The van der Waals surface area contributed by atoms with Crippen molar-refractivity contribution in [2.24, 2.45) is 0 Å². The van der Waals surface area contributed by atoms with Gasteiger partial charge in [-0.2, -0.15) is 0 Å². The molecule has 0 unspecified atom stereocenters. The summed E-state index contributed by atoms with van der Waals surface area (Å²) in [5.41, 5.74) is 1.74. The maximum absolute atomic E-state index is 13.0. The van der Waals surface area contributed by atoms with E-state index in [1.54, 1.807) is 18.2 Å². The molecule has 1 N–H and O–H groups in total. The van der Waals surface area contributed by atoms with E-state index >= 15 is 0 Å². The Morgan fingerprint density at radius 3 is 2.57 bits per heavy atom. The number of amides is 2. The fourth-order valence-corrected chi connectivity index (χ4v) is 4.31. The van der Waals surface area contributed by atoms with Crippen molar-refractivity contribution in [2.45, 2.75) is 31.3 Å². The predicted octanol–water partition coefficient (Wildman–Crippen LogP) is 4.53. The van der Waals surface area contributed by atoms with Gasteiger partial charge in [0.05, 0.1) is 22.0 Å². The smallest absolute Gasteiger partial charge is 0.254 e. The average Bonchev–Trinajstić information content (AvgIpc) is 3.03. The standard InChI is InChI=1S/C21H20Cl2N2O3/c22-17-6-5-15(11-18(17)23)24-19(26)12-21(7-9-28-10-8-21)25-13-14-3-1-2-4-16(14)20(25)27/h1-6,11H,7-10,12-13H2,(H,24,26). The van der Waals surface area contributed by atoms with Gasteiger partial charge in [0.15, 0.2) is 0 Å². The van der Waals surface area contributed by atoms with Crippen molar-refractivity contribution in [1.82, 2.24) is 4.90 Å². The van der Waals surface area contributed by atoms with Crippen molar-refractivity contribution in [3.8, 4) is 0 Å². The lowest BCUT2D eigenvalue weighted by Gasteiger charge is -2.44. The van der Waals surface area contributed by atoms with E-state index in [1.165, 1.54) is 0 Å². The van der Waals surface area contributed by atoms with Gasteiger partial charge in [-0.15, -0.1) is 0 Å². The highest BCUT2D eigenvalue weighted by Crippen LogP contribution is 2.38. The Balaban J connectivity index is 1.55. The summed E-state index contributed by atoms with van der Waals surface area (Å²) in [6.45, 7) is 1.58. The van der Waals surface area contributed by atoms with Gasteiger partial charge in [0.25, 0.3) is 5.91 Å². The largest absolute Gasteiger partial charge is 0.381 e. The first-order valence-electron chi connectivity index (χ1n) is 9.21. The highest BCUT2D eigenvalue weighted by atomic mass is 35.5. The van der Waals surface area contributed by atoms with Gasteiger partial charge in [-0.05, 0) is 42.7 Å². The van der Waals surface area contributed by atoms with Crippen LogP contribution in [-0.4, -0.2) is 35.5 Å². The zero-order valence-electron chi connectivity index (χ0n) is 15.2. The zero-order chi connectivity index (χ0) is 19.7. The topological polar surface area (TPSA) is 58.6 Å². The van der Waals surface area contributed by atoms with Crippen LogP contribution < -0.4 is 5.32 Å². The van der Waals surface area contributed by atoms with Crippen LogP contribution in [0.3, 0.4) is 0 Å². The monoisotopic (exact) mass is 418 g/mol. The average molecular weight is 419 g/mol. The van der Waals surface area contributed by atoms with Gasteiger partial charge < -0.3 is 15.0 Å². The third-order valence-corrected chi connectivity index (χ3v) is 6.25. The maximum Gasteiger partial charge on any atom is 0.254 e. The molecule has 4 rings (SSSR count). The number of nitrogens with one attached hydrogen (secondary N) is 1. The highest BCUT2D eigenvalue weighted by Gasteiger charge is 2.46. The Morgan fingerprint density at radius 2 is 1.86 bits per heavy atom. The molecule has 0 aliphatic carbocycles. The second-order valence-corrected chi connectivity index (χ2v) is 8.05. The molecule has 0 spiro atoms. The van der Waals surface area contributed by atoms with Crippen molar-refractivity contribution < 1.29 is 14.3 Å². The number of halogens is 2. The lowest BCUT2D eigenvalue weighted by Crippen LogP contribution is -2.54. The van der Waals surface area contributed by atoms with Crippen LogP contribution in [0.4, 0.5) is 5.69 Å². The van der Waals surface area contributed by atoms with Crippen LogP contribution in [0.2, 0.25) is 10.0 Å². The van der Waals surface area contributed by atoms with Crippen molar-refractivity contribution in [2.75, 3.05) is 18.5 Å². The molecule has 7 heteroatoms. The van der Waals surface area contributed by atoms with Crippen LogP contribution in [0.5, 0.6) is 0 Å². The number of hydrogen-bond acceptors (Lipinski definition) is 3.